The molecule has 0 aromatic heterocycles. The topological polar surface area (TPSA) is 29.3 Å². The molecule has 2 N–H and O–H groups in total. The number of hydrogen-bond donors (Lipinski definition) is 1. The van der Waals surface area contributed by atoms with Gasteiger partial charge in [-0.15, -0.1) is 0 Å². The second kappa shape index (κ2) is 4.93. The van der Waals surface area contributed by atoms with Crippen LogP contribution in [0.4, 0.5) is 5.69 Å². The van der Waals surface area contributed by atoms with E-state index in [1.54, 1.807) is 0 Å². The number of nitrogens with zero attached hydrogens (tertiary/aromatic N) is 1. The van der Waals surface area contributed by atoms with E-state index in [2.05, 4.69) is 56.9 Å². The zero-order valence-corrected chi connectivity index (χ0v) is 12.1. The van der Waals surface area contributed by atoms with Crippen molar-refractivity contribution in [3.05, 3.63) is 29.8 Å². The van der Waals surface area contributed by atoms with Crippen molar-refractivity contribution in [3.63, 3.8) is 0 Å². The van der Waals surface area contributed by atoms with Gasteiger partial charge in [-0.25, -0.2) is 0 Å². The van der Waals surface area contributed by atoms with Crippen molar-refractivity contribution in [3.8, 4) is 0 Å². The minimum atomic E-state index is 0.0464. The number of rotatable bonds is 3. The highest BCUT2D eigenvalue weighted by molar-refractivity contribution is 5.58. The number of para-hydroxylation sites is 1. The third-order valence-corrected chi connectivity index (χ3v) is 4.62. The molecular formula is C16H26N2. The minimum absolute atomic E-state index is 0.0464. The number of benzene rings is 1. The van der Waals surface area contributed by atoms with E-state index >= 15 is 0 Å². The zero-order chi connectivity index (χ0) is 13.3. The molecule has 0 saturated carbocycles. The van der Waals surface area contributed by atoms with Gasteiger partial charge in [0.25, 0.3) is 0 Å². The van der Waals surface area contributed by atoms with Crippen LogP contribution in [0.1, 0.15) is 33.3 Å². The van der Waals surface area contributed by atoms with E-state index in [-0.39, 0.29) is 5.54 Å². The Labute approximate surface area is 111 Å². The molecule has 0 bridgehead atoms. The number of anilines is 1. The molecule has 0 saturated heterocycles. The predicted octanol–water partition coefficient (Wildman–Crippen LogP) is 3.06. The number of nitrogens with two attached hydrogens (primary N) is 1. The Kier molecular flexibility index (Phi) is 3.67. The van der Waals surface area contributed by atoms with Crippen LogP contribution in [-0.4, -0.2) is 18.6 Å². The summed E-state index contributed by atoms with van der Waals surface area (Å²) in [5.41, 5.74) is 9.00. The summed E-state index contributed by atoms with van der Waals surface area (Å²) in [6.45, 7) is 11.0. The third kappa shape index (κ3) is 2.14. The summed E-state index contributed by atoms with van der Waals surface area (Å²) < 4.78 is 0. The first kappa shape index (κ1) is 13.4. The van der Waals surface area contributed by atoms with Crippen molar-refractivity contribution in [2.24, 2.45) is 17.6 Å². The predicted molar refractivity (Wildman–Crippen MR) is 79.0 cm³/mol. The van der Waals surface area contributed by atoms with E-state index in [0.717, 1.165) is 6.54 Å². The normalized spacial score (nSPS) is 22.8. The van der Waals surface area contributed by atoms with Gasteiger partial charge in [0.05, 0.1) is 5.54 Å². The lowest BCUT2D eigenvalue weighted by Crippen LogP contribution is -2.58. The van der Waals surface area contributed by atoms with Crippen LogP contribution in [-0.2, 0) is 6.42 Å². The fourth-order valence-electron chi connectivity index (χ4n) is 2.94. The smallest absolute Gasteiger partial charge is 0.0519 e. The number of fused-ring (bicyclic) bond motifs is 1. The molecule has 2 atom stereocenters. The number of hydrogen-bond acceptors (Lipinski definition) is 2. The van der Waals surface area contributed by atoms with Crippen LogP contribution in [0, 0.1) is 11.8 Å². The highest BCUT2D eigenvalue weighted by Crippen LogP contribution is 2.37. The molecule has 0 fully saturated rings. The molecular weight excluding hydrogens is 220 g/mol. The lowest BCUT2D eigenvalue weighted by Gasteiger charge is -2.49. The first-order valence-electron chi connectivity index (χ1n) is 7.04. The Morgan fingerprint density at radius 1 is 1.39 bits per heavy atom. The second-order valence-electron chi connectivity index (χ2n) is 6.26. The Morgan fingerprint density at radius 2 is 2.06 bits per heavy atom. The van der Waals surface area contributed by atoms with Gasteiger partial charge in [-0.2, -0.15) is 0 Å². The van der Waals surface area contributed by atoms with Crippen molar-refractivity contribution in [1.29, 1.82) is 0 Å². The Bertz CT molecular complexity index is 413. The standard InChI is InChI=1S/C16H26N2/c1-12(2)16(4,11-17)18-10-13(3)9-14-7-5-6-8-15(14)18/h5-8,12-13H,9-11,17H2,1-4H3. The summed E-state index contributed by atoms with van der Waals surface area (Å²) in [5.74, 6) is 1.24. The summed E-state index contributed by atoms with van der Waals surface area (Å²) in [6.07, 6.45) is 1.19. The fraction of sp³-hybridized carbons (Fsp3) is 0.625. The molecule has 1 aliphatic rings. The van der Waals surface area contributed by atoms with Gasteiger partial charge in [-0.05, 0) is 36.8 Å². The van der Waals surface area contributed by atoms with E-state index in [1.165, 1.54) is 17.7 Å². The average Bonchev–Trinajstić information content (AvgIpc) is 2.36. The van der Waals surface area contributed by atoms with Crippen LogP contribution in [0.2, 0.25) is 0 Å². The highest BCUT2D eigenvalue weighted by Gasteiger charge is 2.37. The monoisotopic (exact) mass is 246 g/mol. The Balaban J connectivity index is 2.45. The molecule has 2 unspecified atom stereocenters. The molecule has 0 aliphatic carbocycles. The van der Waals surface area contributed by atoms with Gasteiger partial charge < -0.3 is 10.6 Å². The van der Waals surface area contributed by atoms with Crippen molar-refractivity contribution >= 4 is 5.69 Å². The molecule has 2 nitrogen and oxygen atoms in total. The van der Waals surface area contributed by atoms with E-state index in [4.69, 9.17) is 5.73 Å². The van der Waals surface area contributed by atoms with Crippen LogP contribution in [0.5, 0.6) is 0 Å². The third-order valence-electron chi connectivity index (χ3n) is 4.62. The van der Waals surface area contributed by atoms with Crippen molar-refractivity contribution in [2.45, 2.75) is 39.7 Å². The highest BCUT2D eigenvalue weighted by atomic mass is 15.2. The summed E-state index contributed by atoms with van der Waals surface area (Å²) >= 11 is 0. The van der Waals surface area contributed by atoms with Crippen LogP contribution in [0.25, 0.3) is 0 Å². The van der Waals surface area contributed by atoms with Gasteiger partial charge in [-0.3, -0.25) is 0 Å². The summed E-state index contributed by atoms with van der Waals surface area (Å²) in [5, 5.41) is 0. The zero-order valence-electron chi connectivity index (χ0n) is 12.1. The van der Waals surface area contributed by atoms with Gasteiger partial charge >= 0.3 is 0 Å². The average molecular weight is 246 g/mol. The largest absolute Gasteiger partial charge is 0.364 e. The van der Waals surface area contributed by atoms with Gasteiger partial charge in [0, 0.05) is 18.8 Å². The summed E-state index contributed by atoms with van der Waals surface area (Å²) in [4.78, 5) is 2.54. The van der Waals surface area contributed by atoms with Gasteiger partial charge in [0.2, 0.25) is 0 Å². The van der Waals surface area contributed by atoms with Crippen LogP contribution >= 0.6 is 0 Å². The molecule has 18 heavy (non-hydrogen) atoms. The van der Waals surface area contributed by atoms with Crippen molar-refractivity contribution < 1.29 is 0 Å². The lowest BCUT2D eigenvalue weighted by atomic mass is 9.82. The van der Waals surface area contributed by atoms with E-state index in [9.17, 15) is 0 Å². The molecule has 0 amide bonds. The molecule has 0 spiro atoms. The van der Waals surface area contributed by atoms with Gasteiger partial charge in [0.15, 0.2) is 0 Å². The molecule has 2 rings (SSSR count). The summed E-state index contributed by atoms with van der Waals surface area (Å²) in [6, 6.07) is 8.79. The molecule has 2 heteroatoms. The second-order valence-corrected chi connectivity index (χ2v) is 6.26. The first-order chi connectivity index (χ1) is 8.49. The molecule has 1 aromatic rings. The minimum Gasteiger partial charge on any atom is -0.364 e. The maximum atomic E-state index is 6.10. The van der Waals surface area contributed by atoms with Crippen LogP contribution in [0.3, 0.4) is 0 Å². The quantitative estimate of drug-likeness (QED) is 0.888. The van der Waals surface area contributed by atoms with Crippen LogP contribution in [0.15, 0.2) is 24.3 Å². The van der Waals surface area contributed by atoms with E-state index in [0.29, 0.717) is 18.4 Å². The maximum Gasteiger partial charge on any atom is 0.0519 e. The molecule has 0 radical (unpaired) electrons. The van der Waals surface area contributed by atoms with E-state index in [1.807, 2.05) is 0 Å². The van der Waals surface area contributed by atoms with Crippen molar-refractivity contribution in [1.82, 2.24) is 0 Å². The summed E-state index contributed by atoms with van der Waals surface area (Å²) in [7, 11) is 0. The Morgan fingerprint density at radius 3 is 2.67 bits per heavy atom. The van der Waals surface area contributed by atoms with Gasteiger partial charge in [0.1, 0.15) is 0 Å². The lowest BCUT2D eigenvalue weighted by molar-refractivity contribution is 0.298. The van der Waals surface area contributed by atoms with E-state index < -0.39 is 0 Å². The molecule has 1 heterocycles. The molecule has 1 aliphatic heterocycles. The SMILES string of the molecule is CC1Cc2ccccc2N(C(C)(CN)C(C)C)C1. The van der Waals surface area contributed by atoms with Gasteiger partial charge in [-0.1, -0.05) is 39.0 Å². The maximum absolute atomic E-state index is 6.10. The first-order valence-corrected chi connectivity index (χ1v) is 7.04. The molecule has 1 aromatic carbocycles. The van der Waals surface area contributed by atoms with Crippen LogP contribution < -0.4 is 10.6 Å². The van der Waals surface area contributed by atoms with Crippen molar-refractivity contribution in [2.75, 3.05) is 18.0 Å². The Hall–Kier alpha value is -1.02. The molecule has 100 valence electrons. The fourth-order valence-corrected chi connectivity index (χ4v) is 2.94.